The van der Waals surface area contributed by atoms with E-state index in [9.17, 15) is 17.6 Å². The molecule has 0 spiro atoms. The van der Waals surface area contributed by atoms with Crippen molar-refractivity contribution in [2.45, 2.75) is 51.2 Å². The van der Waals surface area contributed by atoms with E-state index in [-0.39, 0.29) is 23.7 Å². The molecule has 0 fully saturated rings. The van der Waals surface area contributed by atoms with E-state index in [0.717, 1.165) is 0 Å². The van der Waals surface area contributed by atoms with Crippen LogP contribution in [0, 0.1) is 0 Å². The number of nitrogens with zero attached hydrogens (tertiary/aromatic N) is 2. The van der Waals surface area contributed by atoms with Crippen molar-refractivity contribution in [2.24, 2.45) is 5.73 Å². The van der Waals surface area contributed by atoms with E-state index in [4.69, 9.17) is 10.3 Å². The molecule has 0 saturated carbocycles. The Hall–Kier alpha value is -1.22. The largest absolute Gasteiger partial charge is 0.367 e. The summed E-state index contributed by atoms with van der Waals surface area (Å²) in [5, 5.41) is 3.52. The van der Waals surface area contributed by atoms with Gasteiger partial charge in [0.05, 0.1) is 5.92 Å². The van der Waals surface area contributed by atoms with E-state index in [1.165, 1.54) is 0 Å². The van der Waals surface area contributed by atoms with E-state index >= 15 is 0 Å². The fraction of sp³-hybridized carbons (Fsp3) is 0.818. The Balaban J connectivity index is 2.49. The van der Waals surface area contributed by atoms with Gasteiger partial charge in [-0.05, 0) is 6.42 Å². The van der Waals surface area contributed by atoms with Gasteiger partial charge in [-0.3, -0.25) is 0 Å². The first-order valence-corrected chi connectivity index (χ1v) is 6.09. The predicted octanol–water partition coefficient (Wildman–Crippen LogP) is 2.33. The van der Waals surface area contributed by atoms with Gasteiger partial charge in [-0.2, -0.15) is 13.8 Å². The number of aromatic nitrogens is 2. The molecule has 0 saturated heterocycles. The maximum atomic E-state index is 12.6. The van der Waals surface area contributed by atoms with Crippen molar-refractivity contribution in [1.82, 2.24) is 10.1 Å². The molecule has 1 aromatic heterocycles. The molecule has 0 aliphatic rings. The molecule has 5 nitrogen and oxygen atoms in total. The molecule has 1 rings (SSSR count). The Bertz CT molecular complexity index is 414. The maximum absolute atomic E-state index is 12.6. The first kappa shape index (κ1) is 16.8. The van der Waals surface area contributed by atoms with Crippen LogP contribution in [0.3, 0.4) is 0 Å². The van der Waals surface area contributed by atoms with Crippen LogP contribution in [0.1, 0.15) is 37.9 Å². The molecule has 0 aliphatic heterocycles. The molecule has 20 heavy (non-hydrogen) atoms. The average Bonchev–Trinajstić information content (AvgIpc) is 2.85. The van der Waals surface area contributed by atoms with Gasteiger partial charge < -0.3 is 15.0 Å². The Labute approximate surface area is 113 Å². The van der Waals surface area contributed by atoms with Crippen LogP contribution in [0.2, 0.25) is 0 Å². The highest BCUT2D eigenvalue weighted by molar-refractivity contribution is 4.95. The average molecular weight is 299 g/mol. The van der Waals surface area contributed by atoms with Crippen molar-refractivity contribution in [3.63, 3.8) is 0 Å². The zero-order chi connectivity index (χ0) is 15.3. The van der Waals surface area contributed by atoms with Crippen molar-refractivity contribution >= 4 is 0 Å². The van der Waals surface area contributed by atoms with Gasteiger partial charge in [-0.15, -0.1) is 0 Å². The number of alkyl halides is 4. The Kier molecular flexibility index (Phi) is 5.88. The first-order valence-electron chi connectivity index (χ1n) is 6.09. The van der Waals surface area contributed by atoms with E-state index in [2.05, 4.69) is 14.9 Å². The zero-order valence-corrected chi connectivity index (χ0v) is 11.2. The van der Waals surface area contributed by atoms with Crippen molar-refractivity contribution in [2.75, 3.05) is 6.61 Å². The van der Waals surface area contributed by atoms with Gasteiger partial charge in [-0.25, -0.2) is 8.78 Å². The molecule has 0 amide bonds. The number of hydrogen-bond acceptors (Lipinski definition) is 5. The van der Waals surface area contributed by atoms with Gasteiger partial charge in [0.1, 0.15) is 13.2 Å². The second-order valence-corrected chi connectivity index (χ2v) is 4.46. The lowest BCUT2D eigenvalue weighted by atomic mass is 10.0. The lowest BCUT2D eigenvalue weighted by molar-refractivity contribution is -0.168. The number of halogens is 4. The Morgan fingerprint density at radius 2 is 2.05 bits per heavy atom. The van der Waals surface area contributed by atoms with Crippen LogP contribution in [0.4, 0.5) is 17.6 Å². The lowest BCUT2D eigenvalue weighted by Gasteiger charge is -2.14. The highest BCUT2D eigenvalue weighted by atomic mass is 19.3. The number of nitrogens with two attached hydrogens (primary N) is 1. The summed E-state index contributed by atoms with van der Waals surface area (Å²) in [7, 11) is 0. The molecule has 0 radical (unpaired) electrons. The summed E-state index contributed by atoms with van der Waals surface area (Å²) in [4.78, 5) is 3.93. The van der Waals surface area contributed by atoms with Gasteiger partial charge in [0, 0.05) is 6.04 Å². The molecule has 116 valence electrons. The monoisotopic (exact) mass is 299 g/mol. The summed E-state index contributed by atoms with van der Waals surface area (Å²) in [6, 6.07) is -0.174. The standard InChI is InChI=1S/C11H17F4N3O2/c1-3-7(16)6(2)9-17-8(18-20-9)4-19-5-11(14,15)10(12)13/h6-7,10H,3-5,16H2,1-2H3. The van der Waals surface area contributed by atoms with Gasteiger partial charge in [0.25, 0.3) is 0 Å². The number of ether oxygens (including phenoxy) is 1. The summed E-state index contributed by atoms with van der Waals surface area (Å²) in [6.45, 7) is 1.85. The van der Waals surface area contributed by atoms with Crippen molar-refractivity contribution in [3.8, 4) is 0 Å². The lowest BCUT2D eigenvalue weighted by Crippen LogP contribution is -2.32. The van der Waals surface area contributed by atoms with Crippen molar-refractivity contribution in [3.05, 3.63) is 11.7 Å². The molecule has 0 bridgehead atoms. The molecule has 2 N–H and O–H groups in total. The molecular formula is C11H17F4N3O2. The Morgan fingerprint density at radius 3 is 2.60 bits per heavy atom. The van der Waals surface area contributed by atoms with Gasteiger partial charge >= 0.3 is 12.3 Å². The highest BCUT2D eigenvalue weighted by Crippen LogP contribution is 2.23. The topological polar surface area (TPSA) is 74.2 Å². The second kappa shape index (κ2) is 6.98. The van der Waals surface area contributed by atoms with Crippen LogP contribution < -0.4 is 5.73 Å². The third-order valence-corrected chi connectivity index (χ3v) is 2.83. The van der Waals surface area contributed by atoms with E-state index in [1.54, 1.807) is 6.92 Å². The normalized spacial score (nSPS) is 15.6. The third-order valence-electron chi connectivity index (χ3n) is 2.83. The molecule has 0 aromatic carbocycles. The van der Waals surface area contributed by atoms with E-state index < -0.39 is 25.6 Å². The minimum atomic E-state index is -4.19. The molecule has 9 heteroatoms. The second-order valence-electron chi connectivity index (χ2n) is 4.46. The first-order chi connectivity index (χ1) is 9.27. The smallest absolute Gasteiger partial charge is 0.330 e. The van der Waals surface area contributed by atoms with Crippen molar-refractivity contribution < 1.29 is 26.8 Å². The SMILES string of the molecule is CCC(N)C(C)c1nc(COCC(F)(F)C(F)F)no1. The Morgan fingerprint density at radius 1 is 1.40 bits per heavy atom. The van der Waals surface area contributed by atoms with E-state index in [0.29, 0.717) is 6.42 Å². The summed E-state index contributed by atoms with van der Waals surface area (Å²) < 4.78 is 58.3. The summed E-state index contributed by atoms with van der Waals surface area (Å²) in [5.41, 5.74) is 5.81. The molecule has 2 unspecified atom stereocenters. The summed E-state index contributed by atoms with van der Waals surface area (Å²) in [6.07, 6.45) is -3.07. The highest BCUT2D eigenvalue weighted by Gasteiger charge is 2.41. The molecule has 2 atom stereocenters. The molecule has 1 aromatic rings. The quantitative estimate of drug-likeness (QED) is 0.746. The maximum Gasteiger partial charge on any atom is 0.330 e. The van der Waals surface area contributed by atoms with Gasteiger partial charge in [0.2, 0.25) is 5.89 Å². The van der Waals surface area contributed by atoms with Gasteiger partial charge in [-0.1, -0.05) is 19.0 Å². The minimum Gasteiger partial charge on any atom is -0.367 e. The van der Waals surface area contributed by atoms with E-state index in [1.807, 2.05) is 6.92 Å². The third kappa shape index (κ3) is 4.41. The van der Waals surface area contributed by atoms with Crippen molar-refractivity contribution in [1.29, 1.82) is 0 Å². The summed E-state index contributed by atoms with van der Waals surface area (Å²) >= 11 is 0. The van der Waals surface area contributed by atoms with Crippen LogP contribution in [-0.4, -0.2) is 35.1 Å². The van der Waals surface area contributed by atoms with Crippen LogP contribution in [0.15, 0.2) is 4.52 Å². The predicted molar refractivity (Wildman–Crippen MR) is 61.6 cm³/mol. The fourth-order valence-electron chi connectivity index (χ4n) is 1.39. The minimum absolute atomic E-state index is 0.0141. The molecular weight excluding hydrogens is 282 g/mol. The van der Waals surface area contributed by atoms with Crippen LogP contribution >= 0.6 is 0 Å². The zero-order valence-electron chi connectivity index (χ0n) is 11.2. The number of hydrogen-bond donors (Lipinski definition) is 1. The summed E-state index contributed by atoms with van der Waals surface area (Å²) in [5.74, 6) is -4.10. The fourth-order valence-corrected chi connectivity index (χ4v) is 1.39. The van der Waals surface area contributed by atoms with Crippen LogP contribution in [0.5, 0.6) is 0 Å². The molecule has 0 aliphatic carbocycles. The van der Waals surface area contributed by atoms with Crippen LogP contribution in [0.25, 0.3) is 0 Å². The van der Waals surface area contributed by atoms with Gasteiger partial charge in [0.15, 0.2) is 5.82 Å². The molecule has 1 heterocycles. The number of rotatable bonds is 8. The van der Waals surface area contributed by atoms with Crippen LogP contribution in [-0.2, 0) is 11.3 Å².